The lowest BCUT2D eigenvalue weighted by Crippen LogP contribution is -2.35. The fourth-order valence-corrected chi connectivity index (χ4v) is 3.42. The first-order valence-corrected chi connectivity index (χ1v) is 10.3. The lowest BCUT2D eigenvalue weighted by molar-refractivity contribution is -0.117. The Kier molecular flexibility index (Phi) is 6.41. The maximum atomic E-state index is 13.8. The van der Waals surface area contributed by atoms with Crippen LogP contribution in [0.2, 0.25) is 0 Å². The molecule has 0 fully saturated rings. The minimum absolute atomic E-state index is 0.108. The Morgan fingerprint density at radius 2 is 1.62 bits per heavy atom. The Bertz CT molecular complexity index is 1280. The van der Waals surface area contributed by atoms with E-state index in [0.717, 1.165) is 16.5 Å². The monoisotopic (exact) mass is 427 g/mol. The molecule has 0 atom stereocenters. The molecule has 4 aromatic rings. The maximum absolute atomic E-state index is 13.8. The number of rotatable bonds is 7. The van der Waals surface area contributed by atoms with Gasteiger partial charge in [0.2, 0.25) is 0 Å². The average molecular weight is 427 g/mol. The van der Waals surface area contributed by atoms with Crippen LogP contribution in [0.1, 0.15) is 21.5 Å². The number of halogens is 1. The van der Waals surface area contributed by atoms with Crippen LogP contribution >= 0.6 is 0 Å². The van der Waals surface area contributed by atoms with Crippen LogP contribution in [-0.2, 0) is 11.2 Å². The smallest absolute Gasteiger partial charge is 0.267 e. The van der Waals surface area contributed by atoms with E-state index < -0.39 is 5.91 Å². The van der Waals surface area contributed by atoms with Crippen LogP contribution in [0.25, 0.3) is 17.0 Å². The number of carbonyl (C=O) groups is 2. The van der Waals surface area contributed by atoms with E-state index >= 15 is 0 Å². The summed E-state index contributed by atoms with van der Waals surface area (Å²) in [5.74, 6) is -1.15. The van der Waals surface area contributed by atoms with E-state index in [1.165, 1.54) is 6.07 Å². The number of benzene rings is 3. The molecule has 0 saturated heterocycles. The third-order valence-corrected chi connectivity index (χ3v) is 5.09. The van der Waals surface area contributed by atoms with E-state index in [2.05, 4.69) is 15.6 Å². The van der Waals surface area contributed by atoms with Gasteiger partial charge in [-0.1, -0.05) is 54.6 Å². The van der Waals surface area contributed by atoms with Crippen molar-refractivity contribution in [2.24, 2.45) is 0 Å². The second kappa shape index (κ2) is 9.75. The molecule has 2 amide bonds. The van der Waals surface area contributed by atoms with Crippen molar-refractivity contribution in [1.29, 1.82) is 0 Å². The van der Waals surface area contributed by atoms with Gasteiger partial charge in [0.25, 0.3) is 11.8 Å². The molecule has 0 aliphatic heterocycles. The molecule has 3 N–H and O–H groups in total. The highest BCUT2D eigenvalue weighted by Gasteiger charge is 2.15. The van der Waals surface area contributed by atoms with Gasteiger partial charge >= 0.3 is 0 Å². The highest BCUT2D eigenvalue weighted by Crippen LogP contribution is 2.20. The van der Waals surface area contributed by atoms with E-state index in [0.29, 0.717) is 17.5 Å². The zero-order valence-electron chi connectivity index (χ0n) is 17.3. The Hall–Kier alpha value is -4.19. The Morgan fingerprint density at radius 1 is 0.906 bits per heavy atom. The summed E-state index contributed by atoms with van der Waals surface area (Å²) in [5, 5.41) is 6.42. The van der Waals surface area contributed by atoms with Crippen molar-refractivity contribution in [2.45, 2.75) is 6.42 Å². The summed E-state index contributed by atoms with van der Waals surface area (Å²) in [6, 6.07) is 22.8. The molecule has 0 radical (unpaired) electrons. The largest absolute Gasteiger partial charge is 0.361 e. The van der Waals surface area contributed by atoms with E-state index in [9.17, 15) is 14.0 Å². The van der Waals surface area contributed by atoms with Crippen LogP contribution < -0.4 is 10.6 Å². The predicted octanol–water partition coefficient (Wildman–Crippen LogP) is 4.44. The number of hydrogen-bond donors (Lipinski definition) is 3. The summed E-state index contributed by atoms with van der Waals surface area (Å²) in [4.78, 5) is 28.8. The number of fused-ring (bicyclic) bond motifs is 1. The molecule has 4 rings (SSSR count). The first-order valence-electron chi connectivity index (χ1n) is 10.3. The standard InChI is InChI=1S/C26H22FN3O2/c27-22-12-6-4-8-18(22)14-15-28-26(32)24(30-25(31)19-9-2-1-3-10-19)16-20-17-29-23-13-7-5-11-21(20)23/h1-13,16-17,29H,14-15H2,(H,28,32)(H,30,31)/b24-16+. The summed E-state index contributed by atoms with van der Waals surface area (Å²) in [6.45, 7) is 0.228. The molecule has 3 aromatic carbocycles. The van der Waals surface area contributed by atoms with Gasteiger partial charge in [0.1, 0.15) is 11.5 Å². The number of aromatic nitrogens is 1. The molecule has 32 heavy (non-hydrogen) atoms. The zero-order valence-corrected chi connectivity index (χ0v) is 17.3. The fraction of sp³-hybridized carbons (Fsp3) is 0.0769. The Morgan fingerprint density at radius 3 is 2.44 bits per heavy atom. The van der Waals surface area contributed by atoms with Gasteiger partial charge in [-0.05, 0) is 42.3 Å². The summed E-state index contributed by atoms with van der Waals surface area (Å²) in [6.07, 6.45) is 3.76. The van der Waals surface area contributed by atoms with Crippen molar-refractivity contribution < 1.29 is 14.0 Å². The number of amides is 2. The molecule has 1 aromatic heterocycles. The van der Waals surface area contributed by atoms with Crippen LogP contribution in [0.4, 0.5) is 4.39 Å². The molecule has 1 heterocycles. The van der Waals surface area contributed by atoms with E-state index in [1.807, 2.05) is 30.3 Å². The fourth-order valence-electron chi connectivity index (χ4n) is 3.42. The minimum atomic E-state index is -0.448. The lowest BCUT2D eigenvalue weighted by atomic mass is 10.1. The first kappa shape index (κ1) is 21.1. The maximum Gasteiger partial charge on any atom is 0.267 e. The normalized spacial score (nSPS) is 11.3. The van der Waals surface area contributed by atoms with Gasteiger partial charge in [-0.2, -0.15) is 0 Å². The second-order valence-electron chi connectivity index (χ2n) is 7.27. The van der Waals surface area contributed by atoms with Crippen LogP contribution in [0.3, 0.4) is 0 Å². The molecule has 6 heteroatoms. The van der Waals surface area contributed by atoms with Crippen molar-refractivity contribution in [3.63, 3.8) is 0 Å². The van der Waals surface area contributed by atoms with Crippen molar-refractivity contribution >= 4 is 28.8 Å². The van der Waals surface area contributed by atoms with Gasteiger partial charge in [0.05, 0.1) is 0 Å². The number of carbonyl (C=O) groups excluding carboxylic acids is 2. The van der Waals surface area contributed by atoms with E-state index in [4.69, 9.17) is 0 Å². The molecule has 5 nitrogen and oxygen atoms in total. The SMILES string of the molecule is O=C(NCCc1ccccc1F)/C(=C\c1c[nH]c2ccccc12)NC(=O)c1ccccc1. The third-order valence-electron chi connectivity index (χ3n) is 5.09. The van der Waals surface area contributed by atoms with E-state index in [1.54, 1.807) is 54.7 Å². The van der Waals surface area contributed by atoms with Crippen molar-refractivity contribution in [3.05, 3.63) is 113 Å². The second-order valence-corrected chi connectivity index (χ2v) is 7.27. The number of aromatic amines is 1. The highest BCUT2D eigenvalue weighted by atomic mass is 19.1. The Balaban J connectivity index is 1.56. The van der Waals surface area contributed by atoms with Crippen LogP contribution in [0, 0.1) is 5.82 Å². The molecule has 0 spiro atoms. The summed E-state index contributed by atoms with van der Waals surface area (Å²) in [7, 11) is 0. The predicted molar refractivity (Wildman–Crippen MR) is 123 cm³/mol. The van der Waals surface area contributed by atoms with Gasteiger partial charge < -0.3 is 15.6 Å². The highest BCUT2D eigenvalue weighted by molar-refractivity contribution is 6.06. The molecule has 0 unspecified atom stereocenters. The lowest BCUT2D eigenvalue weighted by Gasteiger charge is -2.11. The number of nitrogens with one attached hydrogen (secondary N) is 3. The summed E-state index contributed by atoms with van der Waals surface area (Å²) < 4.78 is 13.8. The van der Waals surface area contributed by atoms with Crippen LogP contribution in [0.15, 0.2) is 90.8 Å². The molecule has 0 bridgehead atoms. The Labute approximate surface area is 185 Å². The van der Waals surface area contributed by atoms with Crippen LogP contribution in [-0.4, -0.2) is 23.3 Å². The van der Waals surface area contributed by atoms with Gasteiger partial charge in [-0.3, -0.25) is 9.59 Å². The van der Waals surface area contributed by atoms with Crippen molar-refractivity contribution in [2.75, 3.05) is 6.54 Å². The van der Waals surface area contributed by atoms with Gasteiger partial charge in [0.15, 0.2) is 0 Å². The zero-order chi connectivity index (χ0) is 22.3. The van der Waals surface area contributed by atoms with Crippen molar-refractivity contribution in [3.8, 4) is 0 Å². The number of hydrogen-bond acceptors (Lipinski definition) is 2. The van der Waals surface area contributed by atoms with Crippen molar-refractivity contribution in [1.82, 2.24) is 15.6 Å². The number of H-pyrrole nitrogens is 1. The molecular weight excluding hydrogens is 405 g/mol. The first-order chi connectivity index (χ1) is 15.6. The third kappa shape index (κ3) is 4.92. The minimum Gasteiger partial charge on any atom is -0.361 e. The number of para-hydroxylation sites is 1. The molecule has 0 aliphatic rings. The van der Waals surface area contributed by atoms with E-state index in [-0.39, 0.29) is 24.0 Å². The molecule has 0 aliphatic carbocycles. The van der Waals surface area contributed by atoms with Gasteiger partial charge in [-0.25, -0.2) is 4.39 Å². The summed E-state index contributed by atoms with van der Waals surface area (Å²) in [5.41, 5.74) is 2.76. The molecular formula is C26H22FN3O2. The topological polar surface area (TPSA) is 74.0 Å². The van der Waals surface area contributed by atoms with Crippen LogP contribution in [0.5, 0.6) is 0 Å². The van der Waals surface area contributed by atoms with Gasteiger partial charge in [-0.15, -0.1) is 0 Å². The van der Waals surface area contributed by atoms with Gasteiger partial charge in [0, 0.05) is 34.8 Å². The average Bonchev–Trinajstić information content (AvgIpc) is 3.23. The molecule has 0 saturated carbocycles. The quantitative estimate of drug-likeness (QED) is 0.382. The molecule has 160 valence electrons. The summed E-state index contributed by atoms with van der Waals surface area (Å²) >= 11 is 0.